The first-order chi connectivity index (χ1) is 14.1. The molecule has 0 atom stereocenters. The summed E-state index contributed by atoms with van der Waals surface area (Å²) in [6, 6.07) is 18.9. The topological polar surface area (TPSA) is 86.5 Å². The number of hydrogen-bond acceptors (Lipinski definition) is 6. The minimum atomic E-state index is -0.270. The fourth-order valence-electron chi connectivity index (χ4n) is 2.69. The number of amides is 1. The van der Waals surface area contributed by atoms with Crippen molar-refractivity contribution in [1.29, 1.82) is 0 Å². The van der Waals surface area contributed by atoms with Crippen LogP contribution < -0.4 is 15.8 Å². The second-order valence-electron chi connectivity index (χ2n) is 6.28. The average molecular weight is 410 g/mol. The first kappa shape index (κ1) is 20.7. The van der Waals surface area contributed by atoms with Crippen molar-refractivity contribution in [1.82, 2.24) is 10.3 Å². The number of aromatic nitrogens is 1. The first-order valence-corrected chi connectivity index (χ1v) is 10.2. The summed E-state index contributed by atoms with van der Waals surface area (Å²) in [4.78, 5) is 17.7. The molecule has 3 rings (SSSR count). The van der Waals surface area contributed by atoms with Crippen molar-refractivity contribution < 1.29 is 14.3 Å². The Bertz CT molecular complexity index is 977. The molecule has 3 aromatic rings. The largest absolute Gasteiger partial charge is 0.457 e. The average Bonchev–Trinajstić information content (AvgIpc) is 2.73. The molecular weight excluding hydrogens is 386 g/mol. The lowest BCUT2D eigenvalue weighted by Gasteiger charge is -2.10. The quantitative estimate of drug-likeness (QED) is 0.541. The Morgan fingerprint density at radius 2 is 1.90 bits per heavy atom. The Morgan fingerprint density at radius 3 is 2.59 bits per heavy atom. The van der Waals surface area contributed by atoms with E-state index in [2.05, 4.69) is 10.3 Å². The molecule has 0 fully saturated rings. The smallest absolute Gasteiger partial charge is 0.255 e. The second kappa shape index (κ2) is 9.95. The third kappa shape index (κ3) is 5.73. The van der Waals surface area contributed by atoms with Gasteiger partial charge in [0.25, 0.3) is 5.91 Å². The molecule has 0 saturated carbocycles. The molecule has 0 aliphatic rings. The van der Waals surface area contributed by atoms with Crippen LogP contribution in [-0.2, 0) is 17.9 Å². The van der Waals surface area contributed by atoms with Crippen molar-refractivity contribution in [3.05, 3.63) is 77.5 Å². The van der Waals surface area contributed by atoms with Crippen molar-refractivity contribution in [3.8, 4) is 11.5 Å². The summed E-state index contributed by atoms with van der Waals surface area (Å²) in [5.74, 6) is 1.44. The number of ether oxygens (including phenoxy) is 2. The molecule has 3 N–H and O–H groups in total. The van der Waals surface area contributed by atoms with E-state index in [0.717, 1.165) is 22.0 Å². The molecule has 0 spiro atoms. The van der Waals surface area contributed by atoms with Crippen LogP contribution in [0.15, 0.2) is 65.6 Å². The summed E-state index contributed by atoms with van der Waals surface area (Å²) in [5, 5.41) is 2.86. The van der Waals surface area contributed by atoms with Crippen LogP contribution in [0.2, 0.25) is 0 Å². The van der Waals surface area contributed by atoms with Crippen LogP contribution in [0.4, 0.5) is 5.82 Å². The Morgan fingerprint density at radius 1 is 1.10 bits per heavy atom. The number of nitrogens with two attached hydrogens (primary N) is 1. The first-order valence-electron chi connectivity index (χ1n) is 9.02. The summed E-state index contributed by atoms with van der Waals surface area (Å²) in [5.41, 5.74) is 7.87. The molecule has 6 nitrogen and oxygen atoms in total. The molecule has 29 heavy (non-hydrogen) atoms. The van der Waals surface area contributed by atoms with Gasteiger partial charge in [-0.1, -0.05) is 18.2 Å². The molecule has 150 valence electrons. The van der Waals surface area contributed by atoms with Crippen LogP contribution in [-0.4, -0.2) is 24.3 Å². The zero-order valence-corrected chi connectivity index (χ0v) is 17.2. The standard InChI is InChI=1S/C22H23N3O3S/c1-27-14-16-8-11-20(21(23)25-16)22(26)24-13-15-6-9-17(10-7-15)28-18-4-3-5-19(12-18)29-2/h3-12H,13-14H2,1-2H3,(H2,23,25)(H,24,26). The van der Waals surface area contributed by atoms with Gasteiger partial charge in [-0.25, -0.2) is 4.98 Å². The highest BCUT2D eigenvalue weighted by Gasteiger charge is 2.11. The highest BCUT2D eigenvalue weighted by atomic mass is 32.2. The highest BCUT2D eigenvalue weighted by Crippen LogP contribution is 2.25. The Balaban J connectivity index is 1.57. The Labute approximate surface area is 174 Å². The number of pyridine rings is 1. The number of anilines is 1. The fourth-order valence-corrected chi connectivity index (χ4v) is 3.14. The number of nitrogens with zero attached hydrogens (tertiary/aromatic N) is 1. The van der Waals surface area contributed by atoms with E-state index in [1.54, 1.807) is 31.0 Å². The van der Waals surface area contributed by atoms with Gasteiger partial charge in [-0.2, -0.15) is 0 Å². The molecule has 0 aliphatic heterocycles. The zero-order chi connectivity index (χ0) is 20.6. The van der Waals surface area contributed by atoms with Crippen molar-refractivity contribution in [3.63, 3.8) is 0 Å². The van der Waals surface area contributed by atoms with E-state index in [0.29, 0.717) is 24.4 Å². The van der Waals surface area contributed by atoms with Gasteiger partial charge >= 0.3 is 0 Å². The number of methoxy groups -OCH3 is 1. The van der Waals surface area contributed by atoms with E-state index in [1.165, 1.54) is 0 Å². The van der Waals surface area contributed by atoms with E-state index < -0.39 is 0 Å². The van der Waals surface area contributed by atoms with Crippen molar-refractivity contribution in [2.75, 3.05) is 19.1 Å². The maximum atomic E-state index is 12.4. The maximum Gasteiger partial charge on any atom is 0.255 e. The summed E-state index contributed by atoms with van der Waals surface area (Å²) < 4.78 is 10.9. The number of hydrogen-bond donors (Lipinski definition) is 2. The van der Waals surface area contributed by atoms with Crippen LogP contribution in [0.1, 0.15) is 21.6 Å². The van der Waals surface area contributed by atoms with Gasteiger partial charge in [-0.3, -0.25) is 4.79 Å². The molecular formula is C22H23N3O3S. The molecule has 0 radical (unpaired) electrons. The zero-order valence-electron chi connectivity index (χ0n) is 16.3. The predicted octanol–water partition coefficient (Wildman–Crippen LogP) is 4.25. The highest BCUT2D eigenvalue weighted by molar-refractivity contribution is 7.98. The third-order valence-corrected chi connectivity index (χ3v) is 4.90. The molecule has 7 heteroatoms. The molecule has 1 amide bonds. The minimum Gasteiger partial charge on any atom is -0.457 e. The van der Waals surface area contributed by atoms with Gasteiger partial charge in [-0.15, -0.1) is 11.8 Å². The predicted molar refractivity (Wildman–Crippen MR) is 115 cm³/mol. The number of rotatable bonds is 8. The number of benzene rings is 2. The van der Waals surface area contributed by atoms with E-state index in [-0.39, 0.29) is 11.7 Å². The van der Waals surface area contributed by atoms with Gasteiger partial charge in [0.05, 0.1) is 17.9 Å². The van der Waals surface area contributed by atoms with Crippen molar-refractivity contribution in [2.24, 2.45) is 0 Å². The maximum absolute atomic E-state index is 12.4. The monoisotopic (exact) mass is 409 g/mol. The van der Waals surface area contributed by atoms with Crippen LogP contribution >= 0.6 is 11.8 Å². The molecule has 0 unspecified atom stereocenters. The van der Waals surface area contributed by atoms with Crippen LogP contribution in [0, 0.1) is 0 Å². The van der Waals surface area contributed by atoms with Gasteiger partial charge in [0, 0.05) is 18.6 Å². The van der Waals surface area contributed by atoms with Crippen molar-refractivity contribution >= 4 is 23.5 Å². The van der Waals surface area contributed by atoms with Gasteiger partial charge < -0.3 is 20.5 Å². The molecule has 0 bridgehead atoms. The molecule has 1 aromatic heterocycles. The molecule has 0 aliphatic carbocycles. The van der Waals surface area contributed by atoms with E-state index in [4.69, 9.17) is 15.2 Å². The summed E-state index contributed by atoms with van der Waals surface area (Å²) in [7, 11) is 1.58. The van der Waals surface area contributed by atoms with Crippen LogP contribution in [0.3, 0.4) is 0 Å². The minimum absolute atomic E-state index is 0.188. The third-order valence-electron chi connectivity index (χ3n) is 4.17. The van der Waals surface area contributed by atoms with E-state index >= 15 is 0 Å². The van der Waals surface area contributed by atoms with Gasteiger partial charge in [0.15, 0.2) is 0 Å². The summed E-state index contributed by atoms with van der Waals surface area (Å²) in [6.45, 7) is 0.725. The second-order valence-corrected chi connectivity index (χ2v) is 7.16. The van der Waals surface area contributed by atoms with Gasteiger partial charge in [0.1, 0.15) is 17.3 Å². The van der Waals surface area contributed by atoms with Crippen LogP contribution in [0.25, 0.3) is 0 Å². The van der Waals surface area contributed by atoms with Crippen LogP contribution in [0.5, 0.6) is 11.5 Å². The number of nitrogens with one attached hydrogen (secondary N) is 1. The normalized spacial score (nSPS) is 10.6. The lowest BCUT2D eigenvalue weighted by Crippen LogP contribution is -2.24. The lowest BCUT2D eigenvalue weighted by atomic mass is 10.2. The number of carbonyl (C=O) groups excluding carboxylic acids is 1. The van der Waals surface area contributed by atoms with Gasteiger partial charge in [-0.05, 0) is 54.3 Å². The fraction of sp³-hybridized carbons (Fsp3) is 0.182. The van der Waals surface area contributed by atoms with Crippen molar-refractivity contribution in [2.45, 2.75) is 18.0 Å². The number of thioether (sulfide) groups is 1. The van der Waals surface area contributed by atoms with Gasteiger partial charge in [0.2, 0.25) is 0 Å². The molecule has 0 saturated heterocycles. The lowest BCUT2D eigenvalue weighted by molar-refractivity contribution is 0.0951. The summed E-state index contributed by atoms with van der Waals surface area (Å²) >= 11 is 1.67. The Hall–Kier alpha value is -3.03. The number of carbonyl (C=O) groups is 1. The molecule has 1 heterocycles. The van der Waals surface area contributed by atoms with E-state index in [1.807, 2.05) is 54.8 Å². The molecule has 2 aromatic carbocycles. The Kier molecular flexibility index (Phi) is 7.10. The number of nitrogen functional groups attached to an aromatic ring is 1. The summed E-state index contributed by atoms with van der Waals surface area (Å²) in [6.07, 6.45) is 2.03. The van der Waals surface area contributed by atoms with E-state index in [9.17, 15) is 4.79 Å². The SMILES string of the molecule is COCc1ccc(C(=O)NCc2ccc(Oc3cccc(SC)c3)cc2)c(N)n1.